The van der Waals surface area contributed by atoms with Crippen LogP contribution in [-0.2, 0) is 17.0 Å². The molecule has 1 atom stereocenters. The van der Waals surface area contributed by atoms with E-state index in [4.69, 9.17) is 16.3 Å². The molecule has 0 N–H and O–H groups in total. The normalized spacial score (nSPS) is 23.2. The van der Waals surface area contributed by atoms with E-state index < -0.39 is 10.6 Å². The molecule has 1 amide bonds. The molecular weight excluding hydrogens is 488 g/mol. The van der Waals surface area contributed by atoms with Gasteiger partial charge in [0.15, 0.2) is 5.72 Å². The second-order valence-electron chi connectivity index (χ2n) is 10.1. The average molecular weight is 519 g/mol. The maximum atomic E-state index is 13.9. The lowest BCUT2D eigenvalue weighted by molar-refractivity contribution is -0.384. The number of fused-ring (bicyclic) bond motifs is 1. The monoisotopic (exact) mass is 518 g/mol. The van der Waals surface area contributed by atoms with Gasteiger partial charge in [0.25, 0.3) is 11.6 Å². The Balaban J connectivity index is 1.55. The third-order valence-corrected chi connectivity index (χ3v) is 8.19. The van der Waals surface area contributed by atoms with Gasteiger partial charge >= 0.3 is 0 Å². The number of carbonyl (C=O) groups excluding carboxylic acids is 1. The summed E-state index contributed by atoms with van der Waals surface area (Å²) in [5.74, 6) is 1.09. The molecule has 1 heterocycles. The number of hydrogen-bond donors (Lipinski definition) is 0. The standard InChI is InChI=1S/C30H31ClN2O4/c1-2-21-7-9-23(10-8-21)20-37-30(24-13-15-25(31)16-14-24)28-6-4-3-5-27(28)29(34)32(30)19-22-11-17-26(18-12-22)33(35)36/h3-6,11-18,21,23H,2,7-10,19-20H2,1H3/t21-,23-,30?. The molecule has 1 aliphatic carbocycles. The zero-order valence-electron chi connectivity index (χ0n) is 20.9. The van der Waals surface area contributed by atoms with Gasteiger partial charge in [-0.2, -0.15) is 0 Å². The third-order valence-electron chi connectivity index (χ3n) is 7.94. The fourth-order valence-corrected chi connectivity index (χ4v) is 5.88. The zero-order valence-corrected chi connectivity index (χ0v) is 21.7. The molecule has 1 saturated carbocycles. The van der Waals surface area contributed by atoms with E-state index in [0.29, 0.717) is 23.1 Å². The molecule has 0 spiro atoms. The molecule has 3 aromatic carbocycles. The van der Waals surface area contributed by atoms with Gasteiger partial charge in [0.1, 0.15) is 0 Å². The maximum absolute atomic E-state index is 13.9. The summed E-state index contributed by atoms with van der Waals surface area (Å²) in [5.41, 5.74) is 1.93. The maximum Gasteiger partial charge on any atom is 0.269 e. The van der Waals surface area contributed by atoms with Gasteiger partial charge in [-0.1, -0.05) is 80.3 Å². The number of ether oxygens (including phenoxy) is 1. The molecular formula is C30H31ClN2O4. The summed E-state index contributed by atoms with van der Waals surface area (Å²) in [5, 5.41) is 11.8. The van der Waals surface area contributed by atoms with Crippen LogP contribution in [0.25, 0.3) is 0 Å². The molecule has 2 aliphatic rings. The number of halogens is 1. The highest BCUT2D eigenvalue weighted by atomic mass is 35.5. The van der Waals surface area contributed by atoms with Crippen LogP contribution in [0.4, 0.5) is 5.69 Å². The molecule has 0 radical (unpaired) electrons. The van der Waals surface area contributed by atoms with Crippen molar-refractivity contribution < 1.29 is 14.5 Å². The molecule has 3 aromatic rings. The third kappa shape index (κ3) is 4.88. The molecule has 1 fully saturated rings. The number of nitro benzene ring substituents is 1. The van der Waals surface area contributed by atoms with E-state index in [9.17, 15) is 14.9 Å². The number of amides is 1. The Kier molecular flexibility index (Phi) is 7.31. The number of nitrogens with zero attached hydrogens (tertiary/aromatic N) is 2. The summed E-state index contributed by atoms with van der Waals surface area (Å²) in [6.45, 7) is 3.04. The van der Waals surface area contributed by atoms with Gasteiger partial charge in [-0.3, -0.25) is 19.8 Å². The van der Waals surface area contributed by atoms with Gasteiger partial charge in [-0.15, -0.1) is 0 Å². The van der Waals surface area contributed by atoms with E-state index in [0.717, 1.165) is 35.4 Å². The quantitative estimate of drug-likeness (QED) is 0.231. The van der Waals surface area contributed by atoms with E-state index in [2.05, 4.69) is 6.92 Å². The zero-order chi connectivity index (χ0) is 26.0. The first kappa shape index (κ1) is 25.4. The number of nitro groups is 1. The van der Waals surface area contributed by atoms with Crippen molar-refractivity contribution in [3.63, 3.8) is 0 Å². The number of rotatable bonds is 8. The minimum Gasteiger partial charge on any atom is -0.347 e. The number of hydrogen-bond acceptors (Lipinski definition) is 4. The molecule has 7 heteroatoms. The minimum absolute atomic E-state index is 0.0164. The number of benzene rings is 3. The number of carbonyl (C=O) groups is 1. The highest BCUT2D eigenvalue weighted by Crippen LogP contribution is 2.47. The smallest absolute Gasteiger partial charge is 0.269 e. The van der Waals surface area contributed by atoms with Crippen LogP contribution >= 0.6 is 11.6 Å². The van der Waals surface area contributed by atoms with Gasteiger partial charge < -0.3 is 4.74 Å². The molecule has 5 rings (SSSR count). The summed E-state index contributed by atoms with van der Waals surface area (Å²) in [6.07, 6.45) is 5.87. The van der Waals surface area contributed by atoms with E-state index in [1.807, 2.05) is 48.5 Å². The Morgan fingerprint density at radius 3 is 2.27 bits per heavy atom. The molecule has 0 saturated heterocycles. The summed E-state index contributed by atoms with van der Waals surface area (Å²) in [4.78, 5) is 26.4. The van der Waals surface area contributed by atoms with Crippen molar-refractivity contribution in [3.8, 4) is 0 Å². The van der Waals surface area contributed by atoms with Crippen molar-refractivity contribution in [1.82, 2.24) is 4.90 Å². The SMILES string of the molecule is CC[C@H]1CC[C@H](COC2(c3ccc(Cl)cc3)c3ccccc3C(=O)N2Cc2ccc([N+](=O)[O-])cc2)CC1. The lowest BCUT2D eigenvalue weighted by Crippen LogP contribution is -2.47. The van der Waals surface area contributed by atoms with Crippen molar-refractivity contribution in [2.45, 2.75) is 51.3 Å². The van der Waals surface area contributed by atoms with Crippen LogP contribution in [0.3, 0.4) is 0 Å². The molecule has 192 valence electrons. The van der Waals surface area contributed by atoms with Gasteiger partial charge in [0, 0.05) is 40.4 Å². The van der Waals surface area contributed by atoms with E-state index in [1.165, 1.54) is 31.4 Å². The predicted molar refractivity (Wildman–Crippen MR) is 143 cm³/mol. The van der Waals surface area contributed by atoms with Crippen molar-refractivity contribution in [1.29, 1.82) is 0 Å². The van der Waals surface area contributed by atoms with Crippen molar-refractivity contribution in [3.05, 3.63) is 110 Å². The molecule has 1 aliphatic heterocycles. The van der Waals surface area contributed by atoms with Gasteiger partial charge in [0.2, 0.25) is 0 Å². The fraction of sp³-hybridized carbons (Fsp3) is 0.367. The molecule has 6 nitrogen and oxygen atoms in total. The second-order valence-corrected chi connectivity index (χ2v) is 10.6. The van der Waals surface area contributed by atoms with Crippen LogP contribution in [0.1, 0.15) is 66.1 Å². The Morgan fingerprint density at radius 2 is 1.62 bits per heavy atom. The van der Waals surface area contributed by atoms with E-state index in [-0.39, 0.29) is 18.1 Å². The van der Waals surface area contributed by atoms with Crippen molar-refractivity contribution in [2.24, 2.45) is 11.8 Å². The van der Waals surface area contributed by atoms with Crippen molar-refractivity contribution >= 4 is 23.2 Å². The Bertz CT molecular complexity index is 1270. The summed E-state index contributed by atoms with van der Waals surface area (Å²) >= 11 is 6.25. The highest BCUT2D eigenvalue weighted by molar-refractivity contribution is 6.30. The number of non-ortho nitro benzene ring substituents is 1. The first-order chi connectivity index (χ1) is 17.9. The first-order valence-electron chi connectivity index (χ1n) is 13.0. The topological polar surface area (TPSA) is 72.7 Å². The van der Waals surface area contributed by atoms with Crippen LogP contribution in [0.15, 0.2) is 72.8 Å². The van der Waals surface area contributed by atoms with Crippen LogP contribution < -0.4 is 0 Å². The van der Waals surface area contributed by atoms with Crippen LogP contribution in [0, 0.1) is 22.0 Å². The Morgan fingerprint density at radius 1 is 0.973 bits per heavy atom. The minimum atomic E-state index is -1.12. The fourth-order valence-electron chi connectivity index (χ4n) is 5.76. The molecule has 1 unspecified atom stereocenters. The summed E-state index contributed by atoms with van der Waals surface area (Å²) in [7, 11) is 0. The molecule has 0 bridgehead atoms. The molecule has 37 heavy (non-hydrogen) atoms. The van der Waals surface area contributed by atoms with E-state index >= 15 is 0 Å². The largest absolute Gasteiger partial charge is 0.347 e. The highest BCUT2D eigenvalue weighted by Gasteiger charge is 2.52. The van der Waals surface area contributed by atoms with Crippen LogP contribution in [0.2, 0.25) is 5.02 Å². The Hall–Kier alpha value is -3.22. The lowest BCUT2D eigenvalue weighted by atomic mass is 9.81. The van der Waals surface area contributed by atoms with Crippen LogP contribution in [-0.4, -0.2) is 22.3 Å². The lowest BCUT2D eigenvalue weighted by Gasteiger charge is -2.41. The first-order valence-corrected chi connectivity index (χ1v) is 13.3. The summed E-state index contributed by atoms with van der Waals surface area (Å²) in [6, 6.07) is 21.4. The average Bonchev–Trinajstić information content (AvgIpc) is 3.16. The Labute approximate surface area is 222 Å². The van der Waals surface area contributed by atoms with Gasteiger partial charge in [0.05, 0.1) is 11.5 Å². The van der Waals surface area contributed by atoms with Crippen molar-refractivity contribution in [2.75, 3.05) is 6.61 Å². The predicted octanol–water partition coefficient (Wildman–Crippen LogP) is 7.34. The van der Waals surface area contributed by atoms with Gasteiger partial charge in [-0.05, 0) is 48.4 Å². The van der Waals surface area contributed by atoms with Crippen LogP contribution in [0.5, 0.6) is 0 Å². The summed E-state index contributed by atoms with van der Waals surface area (Å²) < 4.78 is 6.92. The van der Waals surface area contributed by atoms with Gasteiger partial charge in [-0.25, -0.2) is 0 Å². The molecule has 0 aromatic heterocycles. The second kappa shape index (κ2) is 10.6. The van der Waals surface area contributed by atoms with E-state index in [1.54, 1.807) is 17.0 Å².